The van der Waals surface area contributed by atoms with E-state index in [0.717, 1.165) is 19.4 Å². The van der Waals surface area contributed by atoms with E-state index in [-0.39, 0.29) is 0 Å². The zero-order valence-corrected chi connectivity index (χ0v) is 12.6. The van der Waals surface area contributed by atoms with Gasteiger partial charge >= 0.3 is 0 Å². The molecule has 1 atom stereocenters. The van der Waals surface area contributed by atoms with Crippen LogP contribution in [0, 0.1) is 0 Å². The van der Waals surface area contributed by atoms with Gasteiger partial charge in [-0.15, -0.1) is 0 Å². The summed E-state index contributed by atoms with van der Waals surface area (Å²) < 4.78 is 0. The van der Waals surface area contributed by atoms with Crippen molar-refractivity contribution in [3.8, 4) is 0 Å². The van der Waals surface area contributed by atoms with Crippen molar-refractivity contribution in [2.45, 2.75) is 18.9 Å². The van der Waals surface area contributed by atoms with Crippen LogP contribution >= 0.6 is 0 Å². The fourth-order valence-corrected chi connectivity index (χ4v) is 2.58. The Balaban J connectivity index is 2.01. The number of hydrogen-bond acceptors (Lipinski definition) is 4. The summed E-state index contributed by atoms with van der Waals surface area (Å²) in [5.74, 6) is 5.86. The van der Waals surface area contributed by atoms with Crippen molar-refractivity contribution in [3.63, 3.8) is 0 Å². The molecule has 3 N–H and O–H groups in total. The first-order valence-corrected chi connectivity index (χ1v) is 7.04. The van der Waals surface area contributed by atoms with E-state index in [9.17, 15) is 0 Å². The highest BCUT2D eigenvalue weighted by Crippen LogP contribution is 2.30. The molecular formula is C15H25N5. The van der Waals surface area contributed by atoms with Crippen molar-refractivity contribution >= 4 is 6.34 Å². The van der Waals surface area contributed by atoms with Crippen LogP contribution in [0.4, 0.5) is 0 Å². The maximum Gasteiger partial charge on any atom is 0.0990 e. The van der Waals surface area contributed by atoms with Crippen molar-refractivity contribution in [1.82, 2.24) is 15.2 Å². The van der Waals surface area contributed by atoms with Crippen LogP contribution in [0.2, 0.25) is 0 Å². The van der Waals surface area contributed by atoms with Crippen LogP contribution in [0.1, 0.15) is 12.8 Å². The predicted octanol–water partition coefficient (Wildman–Crippen LogP) is 0.884. The number of rotatable bonds is 6. The number of nitrogens with one attached hydrogen (secondary N) is 1. The summed E-state index contributed by atoms with van der Waals surface area (Å²) in [6, 6.07) is 0.446. The number of nitrogens with zero attached hydrogens (tertiary/aromatic N) is 3. The molecule has 1 aliphatic carbocycles. The largest absolute Gasteiger partial charge is 0.384 e. The molecule has 0 saturated heterocycles. The van der Waals surface area contributed by atoms with E-state index in [2.05, 4.69) is 47.7 Å². The van der Waals surface area contributed by atoms with Gasteiger partial charge in [-0.3, -0.25) is 10.0 Å². The maximum atomic E-state index is 5.86. The third kappa shape index (κ3) is 3.71. The summed E-state index contributed by atoms with van der Waals surface area (Å²) in [6.07, 6.45) is 10.5. The molecule has 110 valence electrons. The number of fused-ring (bicyclic) bond motifs is 1. The van der Waals surface area contributed by atoms with Gasteiger partial charge in [-0.2, -0.15) is 0 Å². The summed E-state index contributed by atoms with van der Waals surface area (Å²) in [5.41, 5.74) is 4.10. The normalized spacial score (nSPS) is 21.4. The highest BCUT2D eigenvalue weighted by molar-refractivity contribution is 5.55. The average molecular weight is 275 g/mol. The second-order valence-corrected chi connectivity index (χ2v) is 5.60. The van der Waals surface area contributed by atoms with Crippen molar-refractivity contribution in [1.29, 1.82) is 0 Å². The standard InChI is InChI=1S/C15H25N5/c1-17-11-20(16)10-12-4-5-15-14(8-12)13(9-18-15)6-7-19(2)3/h4,8-9,11,15,18H,5-7,10,16H2,1-3H3. The molecule has 2 aliphatic rings. The van der Waals surface area contributed by atoms with Gasteiger partial charge in [0, 0.05) is 19.8 Å². The first kappa shape index (κ1) is 14.8. The Kier molecular flexibility index (Phi) is 4.98. The summed E-state index contributed by atoms with van der Waals surface area (Å²) in [4.78, 5) is 6.15. The van der Waals surface area contributed by atoms with Gasteiger partial charge in [-0.1, -0.05) is 12.2 Å². The SMILES string of the molecule is CN=CN(N)CC1=CCC2NC=C(CCN(C)C)C2=C1. The number of hydrazine groups is 1. The smallest absolute Gasteiger partial charge is 0.0990 e. The van der Waals surface area contributed by atoms with Gasteiger partial charge in [0.15, 0.2) is 0 Å². The third-order valence-electron chi connectivity index (χ3n) is 3.62. The second kappa shape index (κ2) is 6.72. The van der Waals surface area contributed by atoms with Crippen LogP contribution < -0.4 is 11.2 Å². The van der Waals surface area contributed by atoms with E-state index in [1.165, 1.54) is 16.7 Å². The monoisotopic (exact) mass is 275 g/mol. The van der Waals surface area contributed by atoms with E-state index in [0.29, 0.717) is 12.6 Å². The molecule has 0 fully saturated rings. The van der Waals surface area contributed by atoms with E-state index in [1.54, 1.807) is 18.4 Å². The molecule has 0 aromatic rings. The van der Waals surface area contributed by atoms with Gasteiger partial charge in [0.1, 0.15) is 0 Å². The molecule has 0 bridgehead atoms. The molecule has 0 spiro atoms. The zero-order valence-electron chi connectivity index (χ0n) is 12.6. The van der Waals surface area contributed by atoms with Crippen LogP contribution in [-0.2, 0) is 0 Å². The minimum Gasteiger partial charge on any atom is -0.384 e. The van der Waals surface area contributed by atoms with Gasteiger partial charge < -0.3 is 10.2 Å². The van der Waals surface area contributed by atoms with E-state index < -0.39 is 0 Å². The first-order valence-electron chi connectivity index (χ1n) is 7.04. The molecule has 5 nitrogen and oxygen atoms in total. The lowest BCUT2D eigenvalue weighted by Crippen LogP contribution is -2.32. The molecular weight excluding hydrogens is 250 g/mol. The highest BCUT2D eigenvalue weighted by atomic mass is 15.4. The molecule has 2 rings (SSSR count). The van der Waals surface area contributed by atoms with E-state index in [4.69, 9.17) is 5.84 Å². The van der Waals surface area contributed by atoms with Crippen LogP contribution in [0.5, 0.6) is 0 Å². The number of nitrogens with two attached hydrogens (primary N) is 1. The van der Waals surface area contributed by atoms with Gasteiger partial charge in [0.05, 0.1) is 18.9 Å². The second-order valence-electron chi connectivity index (χ2n) is 5.60. The van der Waals surface area contributed by atoms with Gasteiger partial charge in [-0.05, 0) is 43.7 Å². The summed E-state index contributed by atoms with van der Waals surface area (Å²) >= 11 is 0. The molecule has 0 aromatic heterocycles. The Morgan fingerprint density at radius 3 is 3.00 bits per heavy atom. The topological polar surface area (TPSA) is 56.9 Å². The molecule has 20 heavy (non-hydrogen) atoms. The molecule has 1 heterocycles. The van der Waals surface area contributed by atoms with Crippen LogP contribution in [0.3, 0.4) is 0 Å². The lowest BCUT2D eigenvalue weighted by molar-refractivity contribution is 0.414. The molecule has 0 radical (unpaired) electrons. The maximum absolute atomic E-state index is 5.86. The summed E-state index contributed by atoms with van der Waals surface area (Å²) in [7, 11) is 5.95. The molecule has 5 heteroatoms. The van der Waals surface area contributed by atoms with Gasteiger partial charge in [0.25, 0.3) is 0 Å². The average Bonchev–Trinajstić information content (AvgIpc) is 2.79. The minimum atomic E-state index is 0.446. The lowest BCUT2D eigenvalue weighted by atomic mass is 9.91. The fraction of sp³-hybridized carbons (Fsp3) is 0.533. The van der Waals surface area contributed by atoms with Crippen molar-refractivity contribution in [2.24, 2.45) is 10.8 Å². The zero-order chi connectivity index (χ0) is 14.5. The first-order chi connectivity index (χ1) is 9.60. The summed E-state index contributed by atoms with van der Waals surface area (Å²) in [6.45, 7) is 1.77. The Bertz CT molecular complexity index is 459. The van der Waals surface area contributed by atoms with Crippen LogP contribution in [0.25, 0.3) is 0 Å². The van der Waals surface area contributed by atoms with Gasteiger partial charge in [0.2, 0.25) is 0 Å². The highest BCUT2D eigenvalue weighted by Gasteiger charge is 2.24. The predicted molar refractivity (Wildman–Crippen MR) is 84.3 cm³/mol. The van der Waals surface area contributed by atoms with Crippen LogP contribution in [-0.4, -0.2) is 56.5 Å². The summed E-state index contributed by atoms with van der Waals surface area (Å²) in [5, 5.41) is 5.09. The molecule has 0 saturated carbocycles. The molecule has 0 amide bonds. The Labute approximate surface area is 121 Å². The van der Waals surface area contributed by atoms with Crippen molar-refractivity contribution < 1.29 is 0 Å². The molecule has 1 unspecified atom stereocenters. The Morgan fingerprint density at radius 2 is 2.30 bits per heavy atom. The van der Waals surface area contributed by atoms with E-state index >= 15 is 0 Å². The van der Waals surface area contributed by atoms with Crippen LogP contribution in [0.15, 0.2) is 40.1 Å². The Morgan fingerprint density at radius 1 is 1.50 bits per heavy atom. The number of aliphatic imine (C=N–C) groups is 1. The van der Waals surface area contributed by atoms with Gasteiger partial charge in [-0.25, -0.2) is 5.84 Å². The minimum absolute atomic E-state index is 0.446. The van der Waals surface area contributed by atoms with Crippen molar-refractivity contribution in [3.05, 3.63) is 35.1 Å². The third-order valence-corrected chi connectivity index (χ3v) is 3.62. The van der Waals surface area contributed by atoms with Crippen molar-refractivity contribution in [2.75, 3.05) is 34.2 Å². The Hall–Kier alpha value is -1.59. The number of hydrogen-bond donors (Lipinski definition) is 2. The van der Waals surface area contributed by atoms with E-state index in [1.807, 2.05) is 0 Å². The quantitative estimate of drug-likeness (QED) is 0.327. The fourth-order valence-electron chi connectivity index (χ4n) is 2.58. The molecule has 0 aromatic carbocycles. The lowest BCUT2D eigenvalue weighted by Gasteiger charge is -2.22. The molecule has 1 aliphatic heterocycles.